The predicted octanol–water partition coefficient (Wildman–Crippen LogP) is 6.34. The van der Waals surface area contributed by atoms with Gasteiger partial charge in [0.2, 0.25) is 5.52 Å². The van der Waals surface area contributed by atoms with Crippen molar-refractivity contribution >= 4 is 65.3 Å². The summed E-state index contributed by atoms with van der Waals surface area (Å²) in [6.07, 6.45) is 4.91. The van der Waals surface area contributed by atoms with Gasteiger partial charge in [0.25, 0.3) is 5.01 Å². The van der Waals surface area contributed by atoms with Crippen LogP contribution < -0.4 is 9.47 Å². The highest BCUT2D eigenvalue weighted by Gasteiger charge is 2.26. The van der Waals surface area contributed by atoms with Crippen molar-refractivity contribution in [3.05, 3.63) is 130 Å². The number of anilines is 1. The van der Waals surface area contributed by atoms with E-state index in [-0.39, 0.29) is 9.79 Å². The van der Waals surface area contributed by atoms with Gasteiger partial charge in [-0.25, -0.2) is 16.8 Å². The van der Waals surface area contributed by atoms with E-state index in [4.69, 9.17) is 0 Å². The lowest BCUT2D eigenvalue weighted by Crippen LogP contribution is -2.36. The number of nitrogens with zero attached hydrogens (tertiary/aromatic N) is 2. The SMILES string of the molecule is CC(=Cc1sc2ccccc2[n+]1CCc1ccccc1S(=O)(=O)[O-])C=C1Sc2ccccc2N1CCc1ccccc1S(=O)(=O)[O-]. The summed E-state index contributed by atoms with van der Waals surface area (Å²) in [5, 5.41) is 1.94. The molecule has 0 aliphatic carbocycles. The van der Waals surface area contributed by atoms with Gasteiger partial charge < -0.3 is 14.0 Å². The number of aromatic nitrogens is 1. The molecule has 0 fully saturated rings. The van der Waals surface area contributed by atoms with Crippen LogP contribution in [0.5, 0.6) is 0 Å². The third kappa shape index (κ3) is 6.97. The quantitative estimate of drug-likeness (QED) is 0.123. The minimum atomic E-state index is -4.60. The van der Waals surface area contributed by atoms with Crippen molar-refractivity contribution in [1.82, 2.24) is 0 Å². The molecule has 236 valence electrons. The van der Waals surface area contributed by atoms with Crippen LogP contribution in [0.15, 0.2) is 128 Å². The lowest BCUT2D eigenvalue weighted by Gasteiger charge is -2.22. The van der Waals surface area contributed by atoms with Crippen molar-refractivity contribution in [2.45, 2.75) is 41.0 Å². The van der Waals surface area contributed by atoms with Crippen LogP contribution in [0, 0.1) is 0 Å². The Labute approximate surface area is 276 Å². The maximum absolute atomic E-state index is 11.9. The first-order valence-electron chi connectivity index (χ1n) is 14.4. The van der Waals surface area contributed by atoms with Crippen LogP contribution in [0.25, 0.3) is 16.3 Å². The molecule has 0 saturated carbocycles. The number of thiazole rings is 1. The van der Waals surface area contributed by atoms with Crippen LogP contribution in [0.1, 0.15) is 23.1 Å². The summed E-state index contributed by atoms with van der Waals surface area (Å²) in [6, 6.07) is 28.7. The molecule has 0 atom stereocenters. The number of fused-ring (bicyclic) bond motifs is 2. The summed E-state index contributed by atoms with van der Waals surface area (Å²) in [5.41, 5.74) is 3.97. The molecule has 4 aromatic carbocycles. The van der Waals surface area contributed by atoms with Gasteiger partial charge in [-0.3, -0.25) is 0 Å². The molecule has 8 nitrogen and oxygen atoms in total. The summed E-state index contributed by atoms with van der Waals surface area (Å²) in [4.78, 5) is 2.84. The zero-order chi connectivity index (χ0) is 32.5. The van der Waals surface area contributed by atoms with E-state index in [0.717, 1.165) is 36.4 Å². The number of rotatable bonds is 10. The molecule has 0 N–H and O–H groups in total. The maximum Gasteiger partial charge on any atom is 0.263 e. The van der Waals surface area contributed by atoms with Gasteiger partial charge in [0, 0.05) is 30.0 Å². The topological polar surface area (TPSA) is 122 Å². The Kier molecular flexibility index (Phi) is 9.19. The van der Waals surface area contributed by atoms with E-state index in [2.05, 4.69) is 21.6 Å². The van der Waals surface area contributed by atoms with Gasteiger partial charge in [-0.05, 0) is 66.5 Å². The fourth-order valence-corrected chi connectivity index (χ4v) is 9.46. The van der Waals surface area contributed by atoms with Gasteiger partial charge in [0.05, 0.1) is 20.5 Å². The van der Waals surface area contributed by atoms with E-state index < -0.39 is 20.2 Å². The average Bonchev–Trinajstić information content (AvgIpc) is 3.54. The van der Waals surface area contributed by atoms with E-state index in [9.17, 15) is 25.9 Å². The number of allylic oxidation sites excluding steroid dienone is 2. The molecule has 46 heavy (non-hydrogen) atoms. The first kappa shape index (κ1) is 32.2. The van der Waals surface area contributed by atoms with Gasteiger partial charge in [0.15, 0.2) is 6.54 Å². The molecule has 2 heterocycles. The highest BCUT2D eigenvalue weighted by atomic mass is 32.2. The van der Waals surface area contributed by atoms with E-state index in [0.29, 0.717) is 37.1 Å². The number of benzene rings is 4. The van der Waals surface area contributed by atoms with Gasteiger partial charge in [-0.2, -0.15) is 4.57 Å². The van der Waals surface area contributed by atoms with Gasteiger partial charge in [-0.15, -0.1) is 0 Å². The van der Waals surface area contributed by atoms with E-state index >= 15 is 0 Å². The van der Waals surface area contributed by atoms with E-state index in [1.54, 1.807) is 59.5 Å². The van der Waals surface area contributed by atoms with Crippen LogP contribution in [-0.2, 0) is 39.6 Å². The third-order valence-electron chi connectivity index (χ3n) is 7.67. The second kappa shape index (κ2) is 13.1. The standard InChI is InChI=1S/C34H30N2O6S4/c1-24(22-33-35(27-12-4-6-14-29(27)43-33)20-18-25-10-2-8-16-31(25)45(37,38)39)23-34-36(28-13-5-7-15-30(28)44-34)21-19-26-11-3-9-17-32(26)46(40,41)42/h2-17,22-23H,18-21H2,1H3,(H-,37,38,39,40,41,42)/p-1. The number of thioether (sulfide) groups is 1. The van der Waals surface area contributed by atoms with E-state index in [1.807, 2.05) is 55.5 Å². The van der Waals surface area contributed by atoms with Crippen molar-refractivity contribution in [2.24, 2.45) is 0 Å². The van der Waals surface area contributed by atoms with Crippen molar-refractivity contribution in [2.75, 3.05) is 11.4 Å². The summed E-state index contributed by atoms with van der Waals surface area (Å²) in [6.45, 7) is 2.96. The van der Waals surface area contributed by atoms with Crippen molar-refractivity contribution < 1.29 is 30.5 Å². The Bertz CT molecular complexity index is 2220. The highest BCUT2D eigenvalue weighted by Crippen LogP contribution is 2.46. The zero-order valence-electron chi connectivity index (χ0n) is 24.7. The molecule has 0 saturated heterocycles. The fourth-order valence-electron chi connectivity index (χ4n) is 5.59. The Balaban J connectivity index is 1.32. The molecule has 0 radical (unpaired) electrons. The Morgan fingerprint density at radius 1 is 0.783 bits per heavy atom. The molecule has 0 bridgehead atoms. The predicted molar refractivity (Wildman–Crippen MR) is 180 cm³/mol. The van der Waals surface area contributed by atoms with Crippen LogP contribution in [-0.4, -0.2) is 32.5 Å². The number of hydrogen-bond acceptors (Lipinski definition) is 9. The van der Waals surface area contributed by atoms with Crippen LogP contribution in [0.2, 0.25) is 0 Å². The van der Waals surface area contributed by atoms with Gasteiger partial charge in [0.1, 0.15) is 24.9 Å². The highest BCUT2D eigenvalue weighted by molar-refractivity contribution is 8.03. The molecule has 0 spiro atoms. The van der Waals surface area contributed by atoms with Gasteiger partial charge >= 0.3 is 0 Å². The van der Waals surface area contributed by atoms with Crippen LogP contribution in [0.3, 0.4) is 0 Å². The van der Waals surface area contributed by atoms with Crippen LogP contribution in [0.4, 0.5) is 5.69 Å². The monoisotopic (exact) mass is 689 g/mol. The molecule has 5 aromatic rings. The number of hydrogen-bond donors (Lipinski definition) is 0. The Hall–Kier alpha value is -3.78. The minimum Gasteiger partial charge on any atom is -0.744 e. The first-order valence-corrected chi connectivity index (χ1v) is 18.9. The largest absolute Gasteiger partial charge is 0.744 e. The third-order valence-corrected chi connectivity index (χ3v) is 11.8. The maximum atomic E-state index is 11.9. The number of aryl methyl sites for hydroxylation is 2. The second-order valence-electron chi connectivity index (χ2n) is 10.8. The smallest absolute Gasteiger partial charge is 0.263 e. The lowest BCUT2D eigenvalue weighted by atomic mass is 10.1. The lowest BCUT2D eigenvalue weighted by molar-refractivity contribution is -0.668. The molecular formula is C34H29N2O6S4-. The van der Waals surface area contributed by atoms with Crippen LogP contribution >= 0.6 is 23.1 Å². The minimum absolute atomic E-state index is 0.193. The molecular weight excluding hydrogens is 661 g/mol. The molecule has 1 aromatic heterocycles. The molecule has 0 unspecified atom stereocenters. The fraction of sp³-hybridized carbons (Fsp3) is 0.147. The summed E-state index contributed by atoms with van der Waals surface area (Å²) >= 11 is 3.25. The Morgan fingerprint density at radius 3 is 2.07 bits per heavy atom. The molecule has 6 rings (SSSR count). The summed E-state index contributed by atoms with van der Waals surface area (Å²) in [5.74, 6) is 0. The van der Waals surface area contributed by atoms with Crippen molar-refractivity contribution in [1.29, 1.82) is 0 Å². The summed E-state index contributed by atoms with van der Waals surface area (Å²) < 4.78 is 74.5. The van der Waals surface area contributed by atoms with Crippen molar-refractivity contribution in [3.8, 4) is 0 Å². The van der Waals surface area contributed by atoms with Crippen molar-refractivity contribution in [3.63, 3.8) is 0 Å². The average molecular weight is 690 g/mol. The molecule has 0 amide bonds. The van der Waals surface area contributed by atoms with Gasteiger partial charge in [-0.1, -0.05) is 83.8 Å². The number of para-hydroxylation sites is 2. The normalized spacial score (nSPS) is 14.7. The molecule has 12 heteroatoms. The zero-order valence-corrected chi connectivity index (χ0v) is 28.0. The summed E-state index contributed by atoms with van der Waals surface area (Å²) in [7, 11) is -9.20. The first-order chi connectivity index (χ1) is 22.0. The van der Waals surface area contributed by atoms with E-state index in [1.165, 1.54) is 12.1 Å². The molecule has 1 aliphatic heterocycles. The second-order valence-corrected chi connectivity index (χ2v) is 15.6. The Morgan fingerprint density at radius 2 is 1.37 bits per heavy atom. The molecule has 1 aliphatic rings.